The first-order valence-corrected chi connectivity index (χ1v) is 7.32. The summed E-state index contributed by atoms with van der Waals surface area (Å²) >= 11 is 0. The first-order chi connectivity index (χ1) is 11.1. The normalized spacial score (nSPS) is 9.39. The van der Waals surface area contributed by atoms with Crippen LogP contribution in [-0.2, 0) is 16.0 Å². The van der Waals surface area contributed by atoms with Crippen LogP contribution < -0.4 is 5.32 Å². The molecule has 0 spiro atoms. The molecule has 0 saturated carbocycles. The van der Waals surface area contributed by atoms with Gasteiger partial charge in [0.2, 0.25) is 5.91 Å². The molecule has 4 nitrogen and oxygen atoms in total. The third-order valence-electron chi connectivity index (χ3n) is 2.88. The molecule has 2 rings (SSSR count). The predicted octanol–water partition coefficient (Wildman–Crippen LogP) is 3.82. The molecule has 0 saturated heterocycles. The average molecular weight is 317 g/mol. The van der Waals surface area contributed by atoms with Gasteiger partial charge in [0.15, 0.2) is 0 Å². The highest BCUT2D eigenvalue weighted by atomic mass is 19.1. The molecule has 0 aromatic heterocycles. The number of hydrogen-bond acceptors (Lipinski definition) is 3. The van der Waals surface area contributed by atoms with E-state index in [1.807, 2.05) is 13.8 Å². The van der Waals surface area contributed by atoms with Crippen molar-refractivity contribution in [1.82, 2.24) is 0 Å². The maximum atomic E-state index is 12.8. The third kappa shape index (κ3) is 5.54. The van der Waals surface area contributed by atoms with E-state index in [0.29, 0.717) is 11.3 Å². The SMILES string of the molecule is CC.COC(=O)c1ccccc1NC(=O)Cc1ccc(F)cc1. The summed E-state index contributed by atoms with van der Waals surface area (Å²) < 4.78 is 17.5. The van der Waals surface area contributed by atoms with Crippen molar-refractivity contribution in [2.45, 2.75) is 20.3 Å². The van der Waals surface area contributed by atoms with Crippen molar-refractivity contribution >= 4 is 17.6 Å². The van der Waals surface area contributed by atoms with Crippen molar-refractivity contribution in [2.75, 3.05) is 12.4 Å². The van der Waals surface area contributed by atoms with Crippen LogP contribution in [0.1, 0.15) is 29.8 Å². The standard InChI is InChI=1S/C16H14FNO3.C2H6/c1-21-16(20)13-4-2-3-5-14(13)18-15(19)10-11-6-8-12(17)9-7-11;1-2/h2-9H,10H2,1H3,(H,18,19);1-2H3. The molecule has 1 amide bonds. The van der Waals surface area contributed by atoms with Crippen LogP contribution in [0, 0.1) is 5.82 Å². The lowest BCUT2D eigenvalue weighted by Gasteiger charge is -2.09. The first kappa shape index (κ1) is 18.4. The predicted molar refractivity (Wildman–Crippen MR) is 87.9 cm³/mol. The van der Waals surface area contributed by atoms with Gasteiger partial charge in [-0.1, -0.05) is 38.1 Å². The number of para-hydroxylation sites is 1. The highest BCUT2D eigenvalue weighted by Gasteiger charge is 2.13. The zero-order valence-electron chi connectivity index (χ0n) is 13.4. The molecule has 0 bridgehead atoms. The molecule has 0 atom stereocenters. The smallest absolute Gasteiger partial charge is 0.339 e. The minimum absolute atomic E-state index is 0.0930. The summed E-state index contributed by atoms with van der Waals surface area (Å²) in [5.41, 5.74) is 1.35. The monoisotopic (exact) mass is 317 g/mol. The number of rotatable bonds is 4. The molecule has 2 aromatic carbocycles. The lowest BCUT2D eigenvalue weighted by atomic mass is 10.1. The third-order valence-corrected chi connectivity index (χ3v) is 2.88. The highest BCUT2D eigenvalue weighted by Crippen LogP contribution is 2.16. The molecule has 0 fully saturated rings. The molecule has 0 radical (unpaired) electrons. The number of anilines is 1. The van der Waals surface area contributed by atoms with Crippen molar-refractivity contribution in [3.63, 3.8) is 0 Å². The largest absolute Gasteiger partial charge is 0.465 e. The van der Waals surface area contributed by atoms with E-state index in [0.717, 1.165) is 0 Å². The van der Waals surface area contributed by atoms with Crippen LogP contribution in [0.5, 0.6) is 0 Å². The summed E-state index contributed by atoms with van der Waals surface area (Å²) in [5.74, 6) is -1.17. The van der Waals surface area contributed by atoms with Crippen LogP contribution in [0.3, 0.4) is 0 Å². The van der Waals surface area contributed by atoms with Gasteiger partial charge < -0.3 is 10.1 Å². The van der Waals surface area contributed by atoms with Gasteiger partial charge in [-0.3, -0.25) is 4.79 Å². The Labute approximate surface area is 135 Å². The van der Waals surface area contributed by atoms with Gasteiger partial charge in [-0.05, 0) is 29.8 Å². The van der Waals surface area contributed by atoms with Gasteiger partial charge in [0.1, 0.15) is 5.82 Å². The molecular weight excluding hydrogens is 297 g/mol. The van der Waals surface area contributed by atoms with Crippen LogP contribution in [0.4, 0.5) is 10.1 Å². The van der Waals surface area contributed by atoms with Crippen molar-refractivity contribution in [3.05, 3.63) is 65.5 Å². The molecule has 0 heterocycles. The lowest BCUT2D eigenvalue weighted by Crippen LogP contribution is -2.17. The number of benzene rings is 2. The topological polar surface area (TPSA) is 55.4 Å². The highest BCUT2D eigenvalue weighted by molar-refractivity contribution is 6.01. The number of carbonyl (C=O) groups is 2. The Morgan fingerprint density at radius 1 is 1.04 bits per heavy atom. The van der Waals surface area contributed by atoms with Crippen molar-refractivity contribution in [1.29, 1.82) is 0 Å². The van der Waals surface area contributed by atoms with Gasteiger partial charge >= 0.3 is 5.97 Å². The first-order valence-electron chi connectivity index (χ1n) is 7.32. The second-order valence-electron chi connectivity index (χ2n) is 4.39. The number of carbonyl (C=O) groups excluding carboxylic acids is 2. The summed E-state index contributed by atoms with van der Waals surface area (Å²) in [6.07, 6.45) is 0.0930. The Hall–Kier alpha value is -2.69. The molecular formula is C18H20FNO3. The maximum Gasteiger partial charge on any atom is 0.339 e. The quantitative estimate of drug-likeness (QED) is 0.872. The zero-order valence-corrected chi connectivity index (χ0v) is 13.4. The van der Waals surface area contributed by atoms with E-state index in [9.17, 15) is 14.0 Å². The number of hydrogen-bond donors (Lipinski definition) is 1. The van der Waals surface area contributed by atoms with E-state index < -0.39 is 5.97 Å². The summed E-state index contributed by atoms with van der Waals surface area (Å²) in [7, 11) is 1.28. The fraction of sp³-hybridized carbons (Fsp3) is 0.222. The molecule has 0 aliphatic heterocycles. The summed E-state index contributed by atoms with van der Waals surface area (Å²) in [6, 6.07) is 12.3. The number of ether oxygens (including phenoxy) is 1. The Kier molecular flexibility index (Phi) is 7.47. The van der Waals surface area contributed by atoms with Crippen molar-refractivity contribution in [2.24, 2.45) is 0 Å². The summed E-state index contributed by atoms with van der Waals surface area (Å²) in [5, 5.41) is 2.66. The van der Waals surface area contributed by atoms with Crippen LogP contribution in [0.15, 0.2) is 48.5 Å². The van der Waals surface area contributed by atoms with E-state index >= 15 is 0 Å². The fourth-order valence-corrected chi connectivity index (χ4v) is 1.86. The Morgan fingerprint density at radius 2 is 1.65 bits per heavy atom. The molecule has 0 unspecified atom stereocenters. The fourth-order valence-electron chi connectivity index (χ4n) is 1.86. The Balaban J connectivity index is 0.00000127. The molecule has 23 heavy (non-hydrogen) atoms. The van der Waals surface area contributed by atoms with Crippen molar-refractivity contribution < 1.29 is 18.7 Å². The second kappa shape index (κ2) is 9.35. The zero-order chi connectivity index (χ0) is 17.2. The molecule has 122 valence electrons. The molecule has 2 aromatic rings. The molecule has 1 N–H and O–H groups in total. The van der Waals surface area contributed by atoms with Gasteiger partial charge in [0.05, 0.1) is 24.8 Å². The van der Waals surface area contributed by atoms with E-state index in [2.05, 4.69) is 10.1 Å². The Bertz CT molecular complexity index is 654. The van der Waals surface area contributed by atoms with Crippen molar-refractivity contribution in [3.8, 4) is 0 Å². The van der Waals surface area contributed by atoms with E-state index in [1.54, 1.807) is 36.4 Å². The maximum absolute atomic E-state index is 12.8. The summed E-state index contributed by atoms with van der Waals surface area (Å²) in [4.78, 5) is 23.6. The Morgan fingerprint density at radius 3 is 2.26 bits per heavy atom. The van der Waals surface area contributed by atoms with Gasteiger partial charge in [0.25, 0.3) is 0 Å². The minimum Gasteiger partial charge on any atom is -0.465 e. The summed E-state index contributed by atoms with van der Waals surface area (Å²) in [6.45, 7) is 4.00. The number of methoxy groups -OCH3 is 1. The van der Waals surface area contributed by atoms with Gasteiger partial charge in [-0.2, -0.15) is 0 Å². The van der Waals surface area contributed by atoms with Crippen LogP contribution in [0.25, 0.3) is 0 Å². The van der Waals surface area contributed by atoms with Crippen LogP contribution in [0.2, 0.25) is 0 Å². The van der Waals surface area contributed by atoms with E-state index in [1.165, 1.54) is 19.2 Å². The van der Waals surface area contributed by atoms with E-state index in [4.69, 9.17) is 0 Å². The van der Waals surface area contributed by atoms with Gasteiger partial charge in [-0.15, -0.1) is 0 Å². The number of nitrogens with one attached hydrogen (secondary N) is 1. The number of amides is 1. The van der Waals surface area contributed by atoms with Crippen LogP contribution >= 0.6 is 0 Å². The molecule has 0 aliphatic rings. The second-order valence-corrected chi connectivity index (χ2v) is 4.39. The molecule has 5 heteroatoms. The average Bonchev–Trinajstić information content (AvgIpc) is 2.58. The number of esters is 1. The van der Waals surface area contributed by atoms with E-state index in [-0.39, 0.29) is 23.7 Å². The molecule has 0 aliphatic carbocycles. The lowest BCUT2D eigenvalue weighted by molar-refractivity contribution is -0.115. The van der Waals surface area contributed by atoms with Gasteiger partial charge in [-0.25, -0.2) is 9.18 Å². The number of halogens is 1. The minimum atomic E-state index is -0.521. The van der Waals surface area contributed by atoms with Crippen LogP contribution in [-0.4, -0.2) is 19.0 Å². The van der Waals surface area contributed by atoms with Gasteiger partial charge in [0, 0.05) is 0 Å².